The van der Waals surface area contributed by atoms with Gasteiger partial charge in [0.05, 0.1) is 0 Å². The average Bonchev–Trinajstić information content (AvgIpc) is 2.03. The second-order valence-electron chi connectivity index (χ2n) is 4.48. The van der Waals surface area contributed by atoms with Gasteiger partial charge in [-0.15, -0.1) is 0 Å². The van der Waals surface area contributed by atoms with Crippen molar-refractivity contribution in [1.29, 1.82) is 0 Å². The van der Waals surface area contributed by atoms with E-state index in [2.05, 4.69) is 27.9 Å². The fraction of sp³-hybridized carbons (Fsp3) is 1.00. The lowest BCUT2D eigenvalue weighted by molar-refractivity contribution is 0.108. The second-order valence-corrected chi connectivity index (χ2v) is 5.78. The van der Waals surface area contributed by atoms with Gasteiger partial charge in [-0.2, -0.15) is 0 Å². The summed E-state index contributed by atoms with van der Waals surface area (Å²) in [7, 11) is 2.26. The molecule has 0 amide bonds. The maximum Gasteiger partial charge on any atom is 0.0149 e. The fourth-order valence-corrected chi connectivity index (χ4v) is 3.50. The summed E-state index contributed by atoms with van der Waals surface area (Å²) in [5.41, 5.74) is 0. The van der Waals surface area contributed by atoms with Gasteiger partial charge in [0.15, 0.2) is 0 Å². The van der Waals surface area contributed by atoms with Crippen LogP contribution in [0.5, 0.6) is 0 Å². The van der Waals surface area contributed by atoms with E-state index in [1.807, 2.05) is 0 Å². The molecule has 1 nitrogen and oxygen atoms in total. The number of nitrogens with zero attached hydrogens (tertiary/aromatic N) is 1. The molecule has 70 valence electrons. The molecule has 1 saturated carbocycles. The predicted molar refractivity (Wildman–Crippen MR) is 55.7 cm³/mol. The van der Waals surface area contributed by atoms with E-state index >= 15 is 0 Å². The Morgan fingerprint density at radius 1 is 1.17 bits per heavy atom. The molecule has 1 heterocycles. The Morgan fingerprint density at radius 3 is 2.83 bits per heavy atom. The summed E-state index contributed by atoms with van der Waals surface area (Å²) in [6.07, 6.45) is 5.73. The number of fused-ring (bicyclic) bond motifs is 1. The van der Waals surface area contributed by atoms with Crippen molar-refractivity contribution in [1.82, 2.24) is 4.90 Å². The lowest BCUT2D eigenvalue weighted by Gasteiger charge is -2.41. The normalized spacial score (nSPS) is 44.0. The van der Waals surface area contributed by atoms with Gasteiger partial charge in [-0.3, -0.25) is 0 Å². The molecule has 0 aromatic rings. The highest BCUT2D eigenvalue weighted by Crippen LogP contribution is 2.38. The molecule has 2 fully saturated rings. The van der Waals surface area contributed by atoms with Crippen LogP contribution in [0, 0.1) is 11.8 Å². The van der Waals surface area contributed by atoms with E-state index in [0.29, 0.717) is 0 Å². The van der Waals surface area contributed by atoms with Gasteiger partial charge >= 0.3 is 0 Å². The molecule has 0 aromatic carbocycles. The zero-order chi connectivity index (χ0) is 8.55. The third-order valence-corrected chi connectivity index (χ3v) is 4.34. The fourth-order valence-electron chi connectivity index (χ4n) is 2.75. The zero-order valence-corrected chi connectivity index (χ0v) is 9.39. The molecular formula is C10H18BrN. The summed E-state index contributed by atoms with van der Waals surface area (Å²) < 4.78 is 0. The summed E-state index contributed by atoms with van der Waals surface area (Å²) in [6.45, 7) is 2.67. The third kappa shape index (κ3) is 1.85. The van der Waals surface area contributed by atoms with E-state index < -0.39 is 0 Å². The van der Waals surface area contributed by atoms with Crippen molar-refractivity contribution in [2.75, 3.05) is 20.1 Å². The molecule has 0 spiro atoms. The quantitative estimate of drug-likeness (QED) is 0.580. The van der Waals surface area contributed by atoms with Crippen LogP contribution in [0.2, 0.25) is 0 Å². The van der Waals surface area contributed by atoms with Crippen molar-refractivity contribution < 1.29 is 0 Å². The minimum atomic E-state index is 0.810. The van der Waals surface area contributed by atoms with Crippen LogP contribution in [0.1, 0.15) is 25.7 Å². The standard InChI is InChI=1S/C10H18BrN/c1-12-5-4-8-2-3-10(11)6-9(8)7-12/h8-10H,2-7H2,1H3/t8-,9+,10+/m1/s1. The van der Waals surface area contributed by atoms with Crippen molar-refractivity contribution >= 4 is 15.9 Å². The topological polar surface area (TPSA) is 3.24 Å². The maximum atomic E-state index is 3.75. The number of hydrogen-bond acceptors (Lipinski definition) is 1. The van der Waals surface area contributed by atoms with Crippen LogP contribution in [0.3, 0.4) is 0 Å². The number of likely N-dealkylation sites (tertiary alicyclic amines) is 1. The molecule has 0 bridgehead atoms. The highest BCUT2D eigenvalue weighted by Gasteiger charge is 2.32. The molecule has 1 aliphatic carbocycles. The minimum Gasteiger partial charge on any atom is -0.306 e. The highest BCUT2D eigenvalue weighted by molar-refractivity contribution is 9.09. The monoisotopic (exact) mass is 231 g/mol. The first-order chi connectivity index (χ1) is 5.75. The summed E-state index contributed by atoms with van der Waals surface area (Å²) in [4.78, 5) is 3.30. The summed E-state index contributed by atoms with van der Waals surface area (Å²) >= 11 is 3.75. The summed E-state index contributed by atoms with van der Waals surface area (Å²) in [5, 5.41) is 0. The van der Waals surface area contributed by atoms with Crippen molar-refractivity contribution in [2.24, 2.45) is 11.8 Å². The number of halogens is 1. The Labute approximate surface area is 83.6 Å². The van der Waals surface area contributed by atoms with Gasteiger partial charge in [-0.1, -0.05) is 15.9 Å². The molecule has 0 N–H and O–H groups in total. The van der Waals surface area contributed by atoms with Gasteiger partial charge < -0.3 is 4.90 Å². The third-order valence-electron chi connectivity index (χ3n) is 3.50. The molecule has 2 aliphatic rings. The van der Waals surface area contributed by atoms with Gasteiger partial charge in [0.1, 0.15) is 0 Å². The van der Waals surface area contributed by atoms with Crippen LogP contribution in [0.4, 0.5) is 0 Å². The van der Waals surface area contributed by atoms with Crippen LogP contribution in [-0.4, -0.2) is 29.9 Å². The molecule has 2 heteroatoms. The minimum absolute atomic E-state index is 0.810. The molecule has 1 saturated heterocycles. The van der Waals surface area contributed by atoms with Crippen LogP contribution < -0.4 is 0 Å². The Kier molecular flexibility index (Phi) is 2.75. The van der Waals surface area contributed by atoms with Gasteiger partial charge in [0.25, 0.3) is 0 Å². The molecule has 0 radical (unpaired) electrons. The molecule has 0 aromatic heterocycles. The van der Waals surface area contributed by atoms with E-state index in [1.54, 1.807) is 0 Å². The first-order valence-electron chi connectivity index (χ1n) is 5.08. The van der Waals surface area contributed by atoms with Gasteiger partial charge in [0.2, 0.25) is 0 Å². The smallest absolute Gasteiger partial charge is 0.0149 e. The Bertz CT molecular complexity index is 144. The summed E-state index contributed by atoms with van der Waals surface area (Å²) in [5.74, 6) is 2.04. The van der Waals surface area contributed by atoms with Gasteiger partial charge in [-0.05, 0) is 51.1 Å². The van der Waals surface area contributed by atoms with E-state index in [-0.39, 0.29) is 0 Å². The Balaban J connectivity index is 1.94. The van der Waals surface area contributed by atoms with Gasteiger partial charge in [0, 0.05) is 11.4 Å². The van der Waals surface area contributed by atoms with E-state index in [1.165, 1.54) is 38.8 Å². The molecule has 0 unspecified atom stereocenters. The number of piperidine rings is 1. The molecule has 3 atom stereocenters. The van der Waals surface area contributed by atoms with Crippen molar-refractivity contribution in [3.63, 3.8) is 0 Å². The first kappa shape index (κ1) is 9.01. The lowest BCUT2D eigenvalue weighted by Crippen LogP contribution is -2.41. The van der Waals surface area contributed by atoms with E-state index in [4.69, 9.17) is 0 Å². The first-order valence-corrected chi connectivity index (χ1v) is 6.00. The molecule has 12 heavy (non-hydrogen) atoms. The summed E-state index contributed by atoms with van der Waals surface area (Å²) in [6, 6.07) is 0. The number of rotatable bonds is 0. The second kappa shape index (κ2) is 3.67. The van der Waals surface area contributed by atoms with Crippen LogP contribution >= 0.6 is 15.9 Å². The average molecular weight is 232 g/mol. The van der Waals surface area contributed by atoms with Crippen molar-refractivity contribution in [3.05, 3.63) is 0 Å². The Morgan fingerprint density at radius 2 is 2.00 bits per heavy atom. The largest absolute Gasteiger partial charge is 0.306 e. The van der Waals surface area contributed by atoms with Gasteiger partial charge in [-0.25, -0.2) is 0 Å². The number of hydrogen-bond donors (Lipinski definition) is 0. The van der Waals surface area contributed by atoms with Crippen molar-refractivity contribution in [3.8, 4) is 0 Å². The SMILES string of the molecule is CN1CC[C@H]2CC[C@H](Br)C[C@H]2C1. The van der Waals surface area contributed by atoms with E-state index in [0.717, 1.165) is 16.7 Å². The number of alkyl halides is 1. The van der Waals surface area contributed by atoms with Crippen LogP contribution in [0.15, 0.2) is 0 Å². The Hall–Kier alpha value is 0.440. The maximum absolute atomic E-state index is 3.75. The lowest BCUT2D eigenvalue weighted by atomic mass is 9.75. The zero-order valence-electron chi connectivity index (χ0n) is 7.80. The predicted octanol–water partition coefficient (Wildman–Crippen LogP) is 2.50. The molecule has 2 rings (SSSR count). The molecular weight excluding hydrogens is 214 g/mol. The highest BCUT2D eigenvalue weighted by atomic mass is 79.9. The van der Waals surface area contributed by atoms with Crippen LogP contribution in [0.25, 0.3) is 0 Å². The van der Waals surface area contributed by atoms with Crippen LogP contribution in [-0.2, 0) is 0 Å². The van der Waals surface area contributed by atoms with Crippen molar-refractivity contribution in [2.45, 2.75) is 30.5 Å². The van der Waals surface area contributed by atoms with E-state index in [9.17, 15) is 0 Å². The molecule has 1 aliphatic heterocycles.